The van der Waals surface area contributed by atoms with E-state index < -0.39 is 16.9 Å². The number of nitro benzene ring substituents is 1. The molecule has 1 aliphatic rings. The van der Waals surface area contributed by atoms with Crippen molar-refractivity contribution in [3.05, 3.63) is 33.9 Å². The molecule has 0 saturated carbocycles. The molecule has 0 radical (unpaired) electrons. The molecule has 0 bridgehead atoms. The van der Waals surface area contributed by atoms with Crippen LogP contribution in [0.4, 0.5) is 11.4 Å². The van der Waals surface area contributed by atoms with Crippen molar-refractivity contribution in [2.24, 2.45) is 5.73 Å². The van der Waals surface area contributed by atoms with Crippen LogP contribution >= 0.6 is 0 Å². The SMILES string of the molecule is NC(=O)C1CCCCN1c1ccc([N+](=O)[O-])cc1CO. The Labute approximate surface area is 116 Å². The third-order valence-electron chi connectivity index (χ3n) is 3.58. The highest BCUT2D eigenvalue weighted by Crippen LogP contribution is 2.30. The van der Waals surface area contributed by atoms with Crippen molar-refractivity contribution in [3.63, 3.8) is 0 Å². The average molecular weight is 279 g/mol. The predicted molar refractivity (Wildman–Crippen MR) is 73.2 cm³/mol. The van der Waals surface area contributed by atoms with E-state index in [1.807, 2.05) is 4.90 Å². The summed E-state index contributed by atoms with van der Waals surface area (Å²) >= 11 is 0. The lowest BCUT2D eigenvalue weighted by Gasteiger charge is -2.36. The highest BCUT2D eigenvalue weighted by molar-refractivity contribution is 5.84. The van der Waals surface area contributed by atoms with E-state index in [9.17, 15) is 20.0 Å². The molecule has 1 heterocycles. The van der Waals surface area contributed by atoms with Gasteiger partial charge in [-0.05, 0) is 25.3 Å². The monoisotopic (exact) mass is 279 g/mol. The topological polar surface area (TPSA) is 110 Å². The summed E-state index contributed by atoms with van der Waals surface area (Å²) in [6, 6.07) is 3.86. The minimum Gasteiger partial charge on any atom is -0.392 e. The molecule has 0 aromatic heterocycles. The molecule has 20 heavy (non-hydrogen) atoms. The summed E-state index contributed by atoms with van der Waals surface area (Å²) in [6.45, 7) is 0.331. The van der Waals surface area contributed by atoms with Crippen LogP contribution in [0.3, 0.4) is 0 Å². The summed E-state index contributed by atoms with van der Waals surface area (Å²) < 4.78 is 0. The maximum atomic E-state index is 11.5. The van der Waals surface area contributed by atoms with Crippen LogP contribution in [0.2, 0.25) is 0 Å². The molecule has 1 atom stereocenters. The van der Waals surface area contributed by atoms with E-state index in [2.05, 4.69) is 0 Å². The molecule has 108 valence electrons. The first-order valence-corrected chi connectivity index (χ1v) is 6.48. The lowest BCUT2D eigenvalue weighted by Crippen LogP contribution is -2.48. The Morgan fingerprint density at radius 1 is 1.50 bits per heavy atom. The molecule has 7 nitrogen and oxygen atoms in total. The van der Waals surface area contributed by atoms with Gasteiger partial charge in [0.25, 0.3) is 5.69 Å². The van der Waals surface area contributed by atoms with Crippen LogP contribution in [0.1, 0.15) is 24.8 Å². The van der Waals surface area contributed by atoms with Crippen LogP contribution in [0.25, 0.3) is 0 Å². The largest absolute Gasteiger partial charge is 0.392 e. The van der Waals surface area contributed by atoms with Gasteiger partial charge in [0.15, 0.2) is 0 Å². The zero-order chi connectivity index (χ0) is 14.7. The van der Waals surface area contributed by atoms with Gasteiger partial charge in [0, 0.05) is 29.9 Å². The number of nitrogens with two attached hydrogens (primary N) is 1. The van der Waals surface area contributed by atoms with Crippen LogP contribution in [0, 0.1) is 10.1 Å². The van der Waals surface area contributed by atoms with E-state index in [4.69, 9.17) is 5.73 Å². The van der Waals surface area contributed by atoms with E-state index >= 15 is 0 Å². The van der Waals surface area contributed by atoms with Crippen LogP contribution < -0.4 is 10.6 Å². The van der Waals surface area contributed by atoms with Gasteiger partial charge in [-0.3, -0.25) is 14.9 Å². The first-order valence-electron chi connectivity index (χ1n) is 6.48. The molecule has 1 amide bonds. The summed E-state index contributed by atoms with van der Waals surface area (Å²) in [6.07, 6.45) is 2.51. The maximum Gasteiger partial charge on any atom is 0.269 e. The number of hydrogen-bond acceptors (Lipinski definition) is 5. The minimum absolute atomic E-state index is 0.0783. The predicted octanol–water partition coefficient (Wildman–Crippen LogP) is 0.931. The molecule has 1 saturated heterocycles. The zero-order valence-electron chi connectivity index (χ0n) is 11.0. The molecule has 1 aromatic carbocycles. The Balaban J connectivity index is 2.39. The molecule has 7 heteroatoms. The number of amides is 1. The van der Waals surface area contributed by atoms with Crippen LogP contribution in [0.5, 0.6) is 0 Å². The van der Waals surface area contributed by atoms with Gasteiger partial charge in [0.2, 0.25) is 5.91 Å². The number of carbonyl (C=O) groups is 1. The van der Waals surface area contributed by atoms with Crippen molar-refractivity contribution >= 4 is 17.3 Å². The second kappa shape index (κ2) is 5.87. The minimum atomic E-state index is -0.509. The number of rotatable bonds is 4. The van der Waals surface area contributed by atoms with E-state index in [0.717, 1.165) is 12.8 Å². The lowest BCUT2D eigenvalue weighted by molar-refractivity contribution is -0.384. The molecular weight excluding hydrogens is 262 g/mol. The van der Waals surface area contributed by atoms with Crippen LogP contribution in [-0.4, -0.2) is 28.5 Å². The van der Waals surface area contributed by atoms with Crippen molar-refractivity contribution in [2.75, 3.05) is 11.4 Å². The van der Waals surface area contributed by atoms with E-state index in [1.165, 1.54) is 12.1 Å². The zero-order valence-corrected chi connectivity index (χ0v) is 11.0. The fourth-order valence-corrected chi connectivity index (χ4v) is 2.61. The number of anilines is 1. The molecule has 3 N–H and O–H groups in total. The number of piperidine rings is 1. The second-order valence-electron chi connectivity index (χ2n) is 4.84. The standard InChI is InChI=1S/C13H17N3O4/c14-13(18)12-3-1-2-6-15(12)11-5-4-10(16(19)20)7-9(11)8-17/h4-5,7,12,17H,1-3,6,8H2,(H2,14,18). The maximum absolute atomic E-state index is 11.5. The van der Waals surface area contributed by atoms with Crippen molar-refractivity contribution < 1.29 is 14.8 Å². The molecule has 0 aliphatic carbocycles. The number of aliphatic hydroxyl groups is 1. The highest BCUT2D eigenvalue weighted by atomic mass is 16.6. The smallest absolute Gasteiger partial charge is 0.269 e. The Hall–Kier alpha value is -2.15. The average Bonchev–Trinajstić information content (AvgIpc) is 2.46. The Morgan fingerprint density at radius 2 is 2.25 bits per heavy atom. The van der Waals surface area contributed by atoms with Gasteiger partial charge in [-0.15, -0.1) is 0 Å². The first kappa shape index (κ1) is 14.3. The highest BCUT2D eigenvalue weighted by Gasteiger charge is 2.28. The van der Waals surface area contributed by atoms with Gasteiger partial charge in [-0.25, -0.2) is 0 Å². The van der Waals surface area contributed by atoms with Gasteiger partial charge in [-0.1, -0.05) is 0 Å². The third-order valence-corrected chi connectivity index (χ3v) is 3.58. The van der Waals surface area contributed by atoms with E-state index in [0.29, 0.717) is 24.2 Å². The molecule has 1 unspecified atom stereocenters. The number of non-ortho nitro benzene ring substituents is 1. The van der Waals surface area contributed by atoms with Crippen molar-refractivity contribution in [1.29, 1.82) is 0 Å². The summed E-state index contributed by atoms with van der Waals surface area (Å²) in [5.41, 5.74) is 6.41. The van der Waals surface area contributed by atoms with Crippen LogP contribution in [0.15, 0.2) is 18.2 Å². The molecule has 1 fully saturated rings. The Kier molecular flexibility index (Phi) is 4.19. The molecule has 0 spiro atoms. The van der Waals surface area contributed by atoms with Crippen molar-refractivity contribution in [1.82, 2.24) is 0 Å². The molecule has 1 aromatic rings. The fraction of sp³-hybridized carbons (Fsp3) is 0.462. The van der Waals surface area contributed by atoms with E-state index in [-0.39, 0.29) is 12.3 Å². The summed E-state index contributed by atoms with van der Waals surface area (Å²) in [7, 11) is 0. The Bertz CT molecular complexity index is 532. The normalized spacial score (nSPS) is 18.9. The number of nitrogens with zero attached hydrogens (tertiary/aromatic N) is 2. The lowest BCUT2D eigenvalue weighted by atomic mass is 9.99. The van der Waals surface area contributed by atoms with Crippen LogP contribution in [-0.2, 0) is 11.4 Å². The number of aliphatic hydroxyl groups excluding tert-OH is 1. The summed E-state index contributed by atoms with van der Waals surface area (Å²) in [5.74, 6) is -0.410. The van der Waals surface area contributed by atoms with Crippen molar-refractivity contribution in [3.8, 4) is 0 Å². The fourth-order valence-electron chi connectivity index (χ4n) is 2.61. The Morgan fingerprint density at radius 3 is 2.85 bits per heavy atom. The van der Waals surface area contributed by atoms with E-state index in [1.54, 1.807) is 6.07 Å². The molecule has 1 aliphatic heterocycles. The van der Waals surface area contributed by atoms with Gasteiger partial charge >= 0.3 is 0 Å². The molecule has 2 rings (SSSR count). The van der Waals surface area contributed by atoms with Gasteiger partial charge in [0.05, 0.1) is 11.5 Å². The first-order chi connectivity index (χ1) is 9.54. The number of benzene rings is 1. The van der Waals surface area contributed by atoms with Gasteiger partial charge < -0.3 is 15.7 Å². The second-order valence-corrected chi connectivity index (χ2v) is 4.84. The summed E-state index contributed by atoms with van der Waals surface area (Å²) in [4.78, 5) is 23.6. The van der Waals surface area contributed by atoms with Crippen molar-refractivity contribution in [2.45, 2.75) is 31.9 Å². The van der Waals surface area contributed by atoms with Gasteiger partial charge in [-0.2, -0.15) is 0 Å². The summed E-state index contributed by atoms with van der Waals surface area (Å²) in [5, 5.41) is 20.2. The third kappa shape index (κ3) is 2.72. The number of hydrogen-bond donors (Lipinski definition) is 2. The molecular formula is C13H17N3O4. The quantitative estimate of drug-likeness (QED) is 0.629. The number of carbonyl (C=O) groups excluding carboxylic acids is 1. The number of primary amides is 1. The number of nitro groups is 1. The van der Waals surface area contributed by atoms with Gasteiger partial charge in [0.1, 0.15) is 6.04 Å².